The molecule has 1 atom stereocenters. The summed E-state index contributed by atoms with van der Waals surface area (Å²) in [6, 6.07) is 0. The summed E-state index contributed by atoms with van der Waals surface area (Å²) in [5.41, 5.74) is 0.940. The maximum atomic E-state index is 10.8. The summed E-state index contributed by atoms with van der Waals surface area (Å²) in [4.78, 5) is 10.8. The molecule has 0 amide bonds. The molecule has 0 radical (unpaired) electrons. The van der Waals surface area contributed by atoms with Crippen LogP contribution in [0.1, 0.15) is 33.1 Å². The van der Waals surface area contributed by atoms with Crippen LogP contribution < -0.4 is 0 Å². The first kappa shape index (κ1) is 9.30. The van der Waals surface area contributed by atoms with Gasteiger partial charge in [-0.2, -0.15) is 0 Å². The molecular formula is C10H16O2. The predicted octanol–water partition coefficient (Wildman–Crippen LogP) is 2.45. The van der Waals surface area contributed by atoms with E-state index in [1.807, 2.05) is 6.92 Å². The first-order valence-electron chi connectivity index (χ1n) is 4.39. The molecule has 68 valence electrons. The van der Waals surface area contributed by atoms with E-state index < -0.39 is 5.97 Å². The molecule has 1 unspecified atom stereocenters. The maximum absolute atomic E-state index is 10.8. The lowest BCUT2D eigenvalue weighted by Gasteiger charge is -2.45. The third-order valence-electron chi connectivity index (χ3n) is 3.30. The average Bonchev–Trinajstić information content (AvgIpc) is 1.83. The zero-order chi connectivity index (χ0) is 9.35. The van der Waals surface area contributed by atoms with Gasteiger partial charge >= 0.3 is 5.97 Å². The number of aliphatic carboxylic acids is 1. The van der Waals surface area contributed by atoms with Crippen LogP contribution in [0.3, 0.4) is 0 Å². The summed E-state index contributed by atoms with van der Waals surface area (Å²) in [5.74, 6) is -0.971. The highest BCUT2D eigenvalue weighted by molar-refractivity contribution is 5.71. The van der Waals surface area contributed by atoms with Gasteiger partial charge in [0.15, 0.2) is 0 Å². The summed E-state index contributed by atoms with van der Waals surface area (Å²) in [5, 5.41) is 8.89. The zero-order valence-electron chi connectivity index (χ0n) is 7.76. The Morgan fingerprint density at radius 2 is 2.08 bits per heavy atom. The molecule has 1 saturated carbocycles. The van der Waals surface area contributed by atoms with Gasteiger partial charge in [-0.15, -0.1) is 0 Å². The van der Waals surface area contributed by atoms with Gasteiger partial charge in [-0.05, 0) is 19.8 Å². The third-order valence-corrected chi connectivity index (χ3v) is 3.30. The Kier molecular flexibility index (Phi) is 2.27. The number of rotatable bonds is 3. The van der Waals surface area contributed by atoms with Crippen LogP contribution in [-0.2, 0) is 4.79 Å². The van der Waals surface area contributed by atoms with Gasteiger partial charge < -0.3 is 5.11 Å². The summed E-state index contributed by atoms with van der Waals surface area (Å²) < 4.78 is 0. The van der Waals surface area contributed by atoms with Crippen LogP contribution in [0.4, 0.5) is 0 Å². The molecule has 0 bridgehead atoms. The number of hydrogen-bond donors (Lipinski definition) is 1. The zero-order valence-corrected chi connectivity index (χ0v) is 7.76. The lowest BCUT2D eigenvalue weighted by atomic mass is 9.58. The second-order valence-corrected chi connectivity index (χ2v) is 3.85. The molecule has 0 spiro atoms. The molecule has 0 heterocycles. The number of carboxylic acids is 1. The number of carbonyl (C=O) groups is 1. The van der Waals surface area contributed by atoms with Crippen molar-refractivity contribution >= 4 is 5.97 Å². The highest BCUT2D eigenvalue weighted by Gasteiger charge is 2.45. The van der Waals surface area contributed by atoms with Crippen LogP contribution in [0.25, 0.3) is 0 Å². The fraction of sp³-hybridized carbons (Fsp3) is 0.700. The van der Waals surface area contributed by atoms with Crippen LogP contribution in [-0.4, -0.2) is 11.1 Å². The highest BCUT2D eigenvalue weighted by atomic mass is 16.4. The molecule has 0 aromatic rings. The summed E-state index contributed by atoms with van der Waals surface area (Å²) >= 11 is 0. The van der Waals surface area contributed by atoms with Gasteiger partial charge in [0.2, 0.25) is 0 Å². The van der Waals surface area contributed by atoms with Crippen molar-refractivity contribution in [1.29, 1.82) is 0 Å². The lowest BCUT2D eigenvalue weighted by molar-refractivity contribution is -0.147. The van der Waals surface area contributed by atoms with E-state index in [0.717, 1.165) is 24.8 Å². The van der Waals surface area contributed by atoms with E-state index in [0.29, 0.717) is 0 Å². The van der Waals surface area contributed by atoms with E-state index in [4.69, 9.17) is 5.11 Å². The fourth-order valence-electron chi connectivity index (χ4n) is 2.02. The van der Waals surface area contributed by atoms with Crippen molar-refractivity contribution < 1.29 is 9.90 Å². The molecule has 2 heteroatoms. The van der Waals surface area contributed by atoms with E-state index in [1.165, 1.54) is 0 Å². The van der Waals surface area contributed by atoms with Gasteiger partial charge in [-0.3, -0.25) is 4.79 Å². The Balaban J connectivity index is 2.80. The smallest absolute Gasteiger partial charge is 0.307 e. The molecule has 0 aliphatic heterocycles. The molecule has 12 heavy (non-hydrogen) atoms. The fourth-order valence-corrected chi connectivity index (χ4v) is 2.02. The largest absolute Gasteiger partial charge is 0.481 e. The molecule has 2 nitrogen and oxygen atoms in total. The van der Waals surface area contributed by atoms with Crippen molar-refractivity contribution in [2.45, 2.75) is 33.1 Å². The van der Waals surface area contributed by atoms with Gasteiger partial charge in [0.05, 0.1) is 5.92 Å². The summed E-state index contributed by atoms with van der Waals surface area (Å²) in [7, 11) is 0. The summed E-state index contributed by atoms with van der Waals surface area (Å²) in [6.45, 7) is 7.62. The van der Waals surface area contributed by atoms with Gasteiger partial charge in [-0.1, -0.05) is 25.5 Å². The second kappa shape index (κ2) is 2.92. The van der Waals surface area contributed by atoms with Gasteiger partial charge in [0.1, 0.15) is 0 Å². The van der Waals surface area contributed by atoms with Crippen molar-refractivity contribution in [3.63, 3.8) is 0 Å². The first-order valence-corrected chi connectivity index (χ1v) is 4.39. The van der Waals surface area contributed by atoms with Gasteiger partial charge in [0, 0.05) is 5.41 Å². The molecule has 0 aromatic carbocycles. The minimum Gasteiger partial charge on any atom is -0.481 e. The predicted molar refractivity (Wildman–Crippen MR) is 47.9 cm³/mol. The SMILES string of the molecule is C=C(C)C1(C(C)C(=O)O)CCC1. The van der Waals surface area contributed by atoms with Crippen molar-refractivity contribution in [3.05, 3.63) is 12.2 Å². The van der Waals surface area contributed by atoms with Crippen molar-refractivity contribution in [1.82, 2.24) is 0 Å². The number of hydrogen-bond acceptors (Lipinski definition) is 1. The summed E-state index contributed by atoms with van der Waals surface area (Å²) in [6.07, 6.45) is 3.14. The van der Waals surface area contributed by atoms with Crippen molar-refractivity contribution in [2.24, 2.45) is 11.3 Å². The maximum Gasteiger partial charge on any atom is 0.307 e. The van der Waals surface area contributed by atoms with Crippen molar-refractivity contribution in [2.75, 3.05) is 0 Å². The topological polar surface area (TPSA) is 37.3 Å². The standard InChI is InChI=1S/C10H16O2/c1-7(2)10(5-4-6-10)8(3)9(11)12/h8H,1,4-6H2,2-3H3,(H,11,12). The molecular weight excluding hydrogens is 152 g/mol. The lowest BCUT2D eigenvalue weighted by Crippen LogP contribution is -2.40. The Hall–Kier alpha value is -0.790. The van der Waals surface area contributed by atoms with Crippen molar-refractivity contribution in [3.8, 4) is 0 Å². The minimum atomic E-state index is -0.697. The van der Waals surface area contributed by atoms with Crippen LogP contribution in [0.5, 0.6) is 0 Å². The molecule has 1 fully saturated rings. The van der Waals surface area contributed by atoms with Crippen LogP contribution >= 0.6 is 0 Å². The van der Waals surface area contributed by atoms with Crippen LogP contribution in [0.15, 0.2) is 12.2 Å². The second-order valence-electron chi connectivity index (χ2n) is 3.85. The molecule has 1 N–H and O–H groups in total. The number of carboxylic acid groups (broad SMARTS) is 1. The van der Waals surface area contributed by atoms with Gasteiger partial charge in [-0.25, -0.2) is 0 Å². The molecule has 1 aliphatic carbocycles. The van der Waals surface area contributed by atoms with Gasteiger partial charge in [0.25, 0.3) is 0 Å². The quantitative estimate of drug-likeness (QED) is 0.657. The molecule has 0 saturated heterocycles. The van der Waals surface area contributed by atoms with E-state index >= 15 is 0 Å². The van der Waals surface area contributed by atoms with Crippen LogP contribution in [0.2, 0.25) is 0 Å². The Morgan fingerprint density at radius 1 is 1.58 bits per heavy atom. The monoisotopic (exact) mass is 168 g/mol. The van der Waals surface area contributed by atoms with E-state index in [-0.39, 0.29) is 11.3 Å². The molecule has 1 aliphatic rings. The Bertz CT molecular complexity index is 214. The normalized spacial score (nSPS) is 22.5. The Labute approximate surface area is 73.3 Å². The van der Waals surface area contributed by atoms with E-state index in [1.54, 1.807) is 6.92 Å². The van der Waals surface area contributed by atoms with E-state index in [9.17, 15) is 4.79 Å². The van der Waals surface area contributed by atoms with E-state index in [2.05, 4.69) is 6.58 Å². The van der Waals surface area contributed by atoms with Crippen LogP contribution in [0, 0.1) is 11.3 Å². The first-order chi connectivity index (χ1) is 5.50. The third kappa shape index (κ3) is 1.15. The average molecular weight is 168 g/mol. The molecule has 0 aromatic heterocycles. The Morgan fingerprint density at radius 3 is 2.17 bits per heavy atom. The number of allylic oxidation sites excluding steroid dienone is 1. The molecule has 1 rings (SSSR count). The minimum absolute atomic E-state index is 0.0914. The highest BCUT2D eigenvalue weighted by Crippen LogP contribution is 2.51.